The number of nitrogens with zero attached hydrogens (tertiary/aromatic N) is 1. The van der Waals surface area contributed by atoms with Crippen LogP contribution in [0.25, 0.3) is 0 Å². The molecule has 27 heavy (non-hydrogen) atoms. The maximum absolute atomic E-state index is 12.6. The van der Waals surface area contributed by atoms with E-state index in [4.69, 9.17) is 4.74 Å². The van der Waals surface area contributed by atoms with Gasteiger partial charge in [-0.1, -0.05) is 30.3 Å². The lowest BCUT2D eigenvalue weighted by Gasteiger charge is -2.21. The van der Waals surface area contributed by atoms with E-state index in [-0.39, 0.29) is 5.56 Å². The van der Waals surface area contributed by atoms with Gasteiger partial charge in [0.05, 0.1) is 10.5 Å². The molecule has 2 rings (SSSR count). The molecule has 0 heterocycles. The average Bonchev–Trinajstić information content (AvgIpc) is 2.66. The normalized spacial score (nSPS) is 12.5. The molecule has 0 saturated heterocycles. The van der Waals surface area contributed by atoms with Crippen molar-refractivity contribution in [3.8, 4) is 0 Å². The molecule has 0 aliphatic carbocycles. The molecule has 0 saturated carbocycles. The minimum atomic E-state index is -4.76. The molecule has 0 aliphatic rings. The van der Waals surface area contributed by atoms with Crippen LogP contribution in [0.1, 0.15) is 22.0 Å². The zero-order valence-electron chi connectivity index (χ0n) is 14.5. The largest absolute Gasteiger partial charge is 0.444 e. The summed E-state index contributed by atoms with van der Waals surface area (Å²) < 4.78 is 53.3. The summed E-state index contributed by atoms with van der Waals surface area (Å²) in [4.78, 5) is 25.4. The van der Waals surface area contributed by atoms with Crippen LogP contribution in [0.4, 0.5) is 8.78 Å². The van der Waals surface area contributed by atoms with Crippen molar-refractivity contribution in [2.75, 3.05) is 14.1 Å². The lowest BCUT2D eigenvalue weighted by molar-refractivity contribution is -0.138. The molecule has 0 bridgehead atoms. The Bertz CT molecular complexity index is 913. The summed E-state index contributed by atoms with van der Waals surface area (Å²) in [6.07, 6.45) is -1.20. The van der Waals surface area contributed by atoms with Gasteiger partial charge in [0.15, 0.2) is 0 Å². The highest BCUT2D eigenvalue weighted by Crippen LogP contribution is 2.23. The standard InChI is InChI=1S/C18H17F2NO5S/c1-21(2)16(22)15(12-6-4-3-5-7-12)26-17(23)13-8-10-14(11-9-13)27(24,25)18(19)20/h3-11,15,18H,1-2H3/t15-/m0/s1. The van der Waals surface area contributed by atoms with E-state index in [2.05, 4.69) is 0 Å². The topological polar surface area (TPSA) is 80.8 Å². The first kappa shape index (κ1) is 20.5. The second-order valence-electron chi connectivity index (χ2n) is 5.76. The molecule has 2 aromatic rings. The van der Waals surface area contributed by atoms with E-state index in [0.29, 0.717) is 5.56 Å². The molecule has 9 heteroatoms. The Hall–Kier alpha value is -2.81. The number of rotatable bonds is 6. The molecular formula is C18H17F2NO5S. The van der Waals surface area contributed by atoms with Crippen LogP contribution in [0.3, 0.4) is 0 Å². The summed E-state index contributed by atoms with van der Waals surface area (Å²) in [5, 5.41) is 0. The number of sulfone groups is 1. The summed E-state index contributed by atoms with van der Waals surface area (Å²) in [7, 11) is -1.74. The van der Waals surface area contributed by atoms with Gasteiger partial charge in [0.25, 0.3) is 5.91 Å². The van der Waals surface area contributed by atoms with Gasteiger partial charge in [0.2, 0.25) is 15.9 Å². The van der Waals surface area contributed by atoms with Crippen LogP contribution in [0, 0.1) is 0 Å². The number of hydrogen-bond donors (Lipinski definition) is 0. The number of carbonyl (C=O) groups is 2. The number of likely N-dealkylation sites (N-methyl/N-ethyl adjacent to an activating group) is 1. The van der Waals surface area contributed by atoms with Gasteiger partial charge >= 0.3 is 11.7 Å². The van der Waals surface area contributed by atoms with Gasteiger partial charge in [-0.3, -0.25) is 4.79 Å². The van der Waals surface area contributed by atoms with Crippen molar-refractivity contribution in [2.45, 2.75) is 16.8 Å². The van der Waals surface area contributed by atoms with E-state index >= 15 is 0 Å². The zero-order valence-corrected chi connectivity index (χ0v) is 15.3. The molecule has 6 nitrogen and oxygen atoms in total. The van der Waals surface area contributed by atoms with Gasteiger partial charge in [0, 0.05) is 19.7 Å². The molecule has 0 aliphatic heterocycles. The minimum Gasteiger partial charge on any atom is -0.444 e. The van der Waals surface area contributed by atoms with Crippen LogP contribution in [0.15, 0.2) is 59.5 Å². The van der Waals surface area contributed by atoms with E-state index < -0.39 is 38.5 Å². The highest BCUT2D eigenvalue weighted by Gasteiger charge is 2.29. The highest BCUT2D eigenvalue weighted by atomic mass is 32.2. The molecule has 144 valence electrons. The fourth-order valence-corrected chi connectivity index (χ4v) is 2.90. The number of benzene rings is 2. The van der Waals surface area contributed by atoms with Crippen molar-refractivity contribution < 1.29 is 31.5 Å². The molecule has 0 aromatic heterocycles. The van der Waals surface area contributed by atoms with Crippen LogP contribution in [-0.2, 0) is 19.4 Å². The van der Waals surface area contributed by atoms with Crippen molar-refractivity contribution in [3.63, 3.8) is 0 Å². The van der Waals surface area contributed by atoms with Gasteiger partial charge in [0.1, 0.15) is 0 Å². The molecule has 0 radical (unpaired) electrons. The monoisotopic (exact) mass is 397 g/mol. The molecule has 0 N–H and O–H groups in total. The maximum Gasteiger partial charge on any atom is 0.341 e. The van der Waals surface area contributed by atoms with Crippen molar-refractivity contribution >= 4 is 21.7 Å². The number of amides is 1. The highest BCUT2D eigenvalue weighted by molar-refractivity contribution is 7.91. The summed E-state index contributed by atoms with van der Waals surface area (Å²) in [6.45, 7) is 0. The first-order chi connectivity index (χ1) is 12.6. The minimum absolute atomic E-state index is 0.0734. The quantitative estimate of drug-likeness (QED) is 0.700. The van der Waals surface area contributed by atoms with Crippen molar-refractivity contribution in [2.24, 2.45) is 0 Å². The Labute approximate surface area is 155 Å². The van der Waals surface area contributed by atoms with Crippen LogP contribution in [-0.4, -0.2) is 45.0 Å². The molecule has 0 spiro atoms. The van der Waals surface area contributed by atoms with E-state index in [9.17, 15) is 26.8 Å². The fourth-order valence-electron chi connectivity index (χ4n) is 2.18. The van der Waals surface area contributed by atoms with Crippen molar-refractivity contribution in [1.29, 1.82) is 0 Å². The van der Waals surface area contributed by atoms with Crippen LogP contribution in [0.2, 0.25) is 0 Å². The number of alkyl halides is 2. The number of carbonyl (C=O) groups excluding carboxylic acids is 2. The van der Waals surface area contributed by atoms with Crippen molar-refractivity contribution in [1.82, 2.24) is 4.90 Å². The first-order valence-electron chi connectivity index (χ1n) is 7.74. The van der Waals surface area contributed by atoms with Gasteiger partial charge in [-0.2, -0.15) is 8.78 Å². The number of hydrogen-bond acceptors (Lipinski definition) is 5. The van der Waals surface area contributed by atoms with Gasteiger partial charge in [-0.05, 0) is 24.3 Å². The van der Waals surface area contributed by atoms with E-state index in [0.717, 1.165) is 24.3 Å². The van der Waals surface area contributed by atoms with E-state index in [1.165, 1.54) is 19.0 Å². The third kappa shape index (κ3) is 4.68. The lowest BCUT2D eigenvalue weighted by Crippen LogP contribution is -2.31. The van der Waals surface area contributed by atoms with E-state index in [1.807, 2.05) is 0 Å². The number of esters is 1. The maximum atomic E-state index is 12.6. The summed E-state index contributed by atoms with van der Waals surface area (Å²) in [5.41, 5.74) is 0.386. The fraction of sp³-hybridized carbons (Fsp3) is 0.222. The van der Waals surface area contributed by atoms with Crippen LogP contribution >= 0.6 is 0 Å². The Kier molecular flexibility index (Phi) is 6.27. The smallest absolute Gasteiger partial charge is 0.341 e. The SMILES string of the molecule is CN(C)C(=O)[C@@H](OC(=O)c1ccc(S(=O)(=O)C(F)F)cc1)c1ccccc1. The molecule has 0 fully saturated rings. The predicted molar refractivity (Wildman–Crippen MR) is 92.9 cm³/mol. The second-order valence-corrected chi connectivity index (χ2v) is 7.68. The van der Waals surface area contributed by atoms with E-state index in [1.54, 1.807) is 30.3 Å². The Morgan fingerprint density at radius 1 is 0.963 bits per heavy atom. The third-order valence-corrected chi connectivity index (χ3v) is 5.04. The Balaban J connectivity index is 2.26. The molecule has 2 aromatic carbocycles. The van der Waals surface area contributed by atoms with Gasteiger partial charge < -0.3 is 9.64 Å². The van der Waals surface area contributed by atoms with Crippen LogP contribution < -0.4 is 0 Å². The van der Waals surface area contributed by atoms with Crippen molar-refractivity contribution in [3.05, 3.63) is 65.7 Å². The molecule has 1 atom stereocenters. The molecule has 1 amide bonds. The molecular weight excluding hydrogens is 380 g/mol. The summed E-state index contributed by atoms with van der Waals surface area (Å²) >= 11 is 0. The lowest BCUT2D eigenvalue weighted by atomic mass is 10.1. The third-order valence-electron chi connectivity index (χ3n) is 3.65. The number of ether oxygens (including phenoxy) is 1. The zero-order chi connectivity index (χ0) is 20.2. The Morgan fingerprint density at radius 2 is 1.52 bits per heavy atom. The molecule has 0 unspecified atom stereocenters. The summed E-state index contributed by atoms with van der Waals surface area (Å²) in [5.74, 6) is -4.91. The first-order valence-corrected chi connectivity index (χ1v) is 9.28. The predicted octanol–water partition coefficient (Wildman–Crippen LogP) is 2.67. The number of halogens is 2. The van der Waals surface area contributed by atoms with Gasteiger partial charge in [-0.25, -0.2) is 13.2 Å². The van der Waals surface area contributed by atoms with Crippen LogP contribution in [0.5, 0.6) is 0 Å². The van der Waals surface area contributed by atoms with Gasteiger partial charge in [-0.15, -0.1) is 0 Å². The average molecular weight is 397 g/mol. The Morgan fingerprint density at radius 3 is 2.00 bits per heavy atom. The summed E-state index contributed by atoms with van der Waals surface area (Å²) in [6, 6.07) is 12.2. The second kappa shape index (κ2) is 8.26.